The molecule has 0 amide bonds. The number of benzene rings is 2. The van der Waals surface area contributed by atoms with E-state index in [9.17, 15) is 4.79 Å². The van der Waals surface area contributed by atoms with Gasteiger partial charge < -0.3 is 10.4 Å². The number of rotatable bonds is 4. The first-order valence-electron chi connectivity index (χ1n) is 7.96. The molecule has 1 atom stereocenters. The van der Waals surface area contributed by atoms with Crippen LogP contribution >= 0.6 is 12.6 Å². The van der Waals surface area contributed by atoms with Crippen molar-refractivity contribution >= 4 is 18.6 Å². The van der Waals surface area contributed by atoms with Crippen molar-refractivity contribution in [2.45, 2.75) is 33.7 Å². The minimum absolute atomic E-state index is 0.325. The molecule has 0 spiro atoms. The Labute approximate surface area is 150 Å². The zero-order valence-electron chi connectivity index (χ0n) is 15.1. The maximum atomic E-state index is 10.1. The number of aliphatic carboxylic acids is 1. The van der Waals surface area contributed by atoms with Crippen LogP contribution < -0.4 is 5.32 Å². The fraction of sp³-hybridized carbons (Fsp3) is 0.350. The number of hydrogen-bond donors (Lipinski definition) is 3. The van der Waals surface area contributed by atoms with Crippen LogP contribution in [0.2, 0.25) is 0 Å². The summed E-state index contributed by atoms with van der Waals surface area (Å²) in [6.45, 7) is 8.64. The predicted molar refractivity (Wildman–Crippen MR) is 105 cm³/mol. The summed E-state index contributed by atoms with van der Waals surface area (Å²) >= 11 is 3.79. The molecule has 0 saturated carbocycles. The van der Waals surface area contributed by atoms with Crippen LogP contribution in [0.5, 0.6) is 0 Å². The monoisotopic (exact) mass is 345 g/mol. The van der Waals surface area contributed by atoms with E-state index in [0.717, 1.165) is 0 Å². The maximum absolute atomic E-state index is 10.1. The molecule has 0 aliphatic heterocycles. The molecule has 24 heavy (non-hydrogen) atoms. The standard InChI is InChI=1S/C16H18.C4H9NO2S/c1-11-5-7-15(13(3)9-11)16-8-6-12(2)10-14(16)4;1-5-3(2-8)4(6)7/h5-10H,1-4H3;3,5,8H,2H2,1H3,(H,6,7)/t;3-/m.1/s1. The third kappa shape index (κ3) is 5.69. The van der Waals surface area contributed by atoms with Crippen molar-refractivity contribution in [1.29, 1.82) is 0 Å². The molecule has 4 heteroatoms. The van der Waals surface area contributed by atoms with Gasteiger partial charge in [0.2, 0.25) is 0 Å². The van der Waals surface area contributed by atoms with E-state index < -0.39 is 12.0 Å². The van der Waals surface area contributed by atoms with E-state index in [1.165, 1.54) is 33.4 Å². The Kier molecular flexibility index (Phi) is 8.02. The lowest BCUT2D eigenvalue weighted by atomic mass is 9.94. The maximum Gasteiger partial charge on any atom is 0.321 e. The Hall–Kier alpha value is -1.78. The Morgan fingerprint density at radius 1 is 1.00 bits per heavy atom. The highest BCUT2D eigenvalue weighted by atomic mass is 32.1. The molecule has 0 fully saturated rings. The lowest BCUT2D eigenvalue weighted by Gasteiger charge is -2.10. The number of thiol groups is 1. The minimum atomic E-state index is -0.859. The molecule has 2 aromatic rings. The molecule has 0 aliphatic rings. The van der Waals surface area contributed by atoms with E-state index in [0.29, 0.717) is 5.75 Å². The highest BCUT2D eigenvalue weighted by molar-refractivity contribution is 7.80. The van der Waals surface area contributed by atoms with Gasteiger partial charge >= 0.3 is 5.97 Å². The second-order valence-corrected chi connectivity index (χ2v) is 6.36. The second kappa shape index (κ2) is 9.50. The average molecular weight is 346 g/mol. The van der Waals surface area contributed by atoms with Gasteiger partial charge in [0, 0.05) is 5.75 Å². The van der Waals surface area contributed by atoms with Crippen LogP contribution in [-0.4, -0.2) is 29.9 Å². The lowest BCUT2D eigenvalue weighted by Crippen LogP contribution is -2.35. The molecule has 0 bridgehead atoms. The van der Waals surface area contributed by atoms with E-state index in [1.807, 2.05) is 0 Å². The molecule has 0 saturated heterocycles. The van der Waals surface area contributed by atoms with Gasteiger partial charge in [-0.2, -0.15) is 12.6 Å². The van der Waals surface area contributed by atoms with Gasteiger partial charge in [-0.25, -0.2) is 0 Å². The van der Waals surface area contributed by atoms with Crippen LogP contribution in [0.1, 0.15) is 22.3 Å². The van der Waals surface area contributed by atoms with Crippen LogP contribution in [0.4, 0.5) is 0 Å². The van der Waals surface area contributed by atoms with Gasteiger partial charge in [-0.15, -0.1) is 0 Å². The Bertz CT molecular complexity index is 645. The van der Waals surface area contributed by atoms with Gasteiger partial charge in [-0.05, 0) is 57.0 Å². The van der Waals surface area contributed by atoms with Gasteiger partial charge in [-0.1, -0.05) is 47.5 Å². The van der Waals surface area contributed by atoms with Crippen molar-refractivity contribution in [3.05, 3.63) is 58.7 Å². The summed E-state index contributed by atoms with van der Waals surface area (Å²) in [5.74, 6) is -0.534. The normalized spacial score (nSPS) is 11.4. The van der Waals surface area contributed by atoms with Crippen molar-refractivity contribution in [2.24, 2.45) is 0 Å². The van der Waals surface area contributed by atoms with Gasteiger partial charge in [-0.3, -0.25) is 4.79 Å². The SMILES string of the molecule is CN[C@H](CS)C(=O)O.Cc1ccc(-c2ccc(C)cc2C)c(C)c1. The number of carboxylic acid groups (broad SMARTS) is 1. The average Bonchev–Trinajstić information content (AvgIpc) is 2.50. The first-order valence-corrected chi connectivity index (χ1v) is 8.59. The Morgan fingerprint density at radius 2 is 1.42 bits per heavy atom. The minimum Gasteiger partial charge on any atom is -0.480 e. The largest absolute Gasteiger partial charge is 0.480 e. The molecule has 2 aromatic carbocycles. The number of hydrogen-bond acceptors (Lipinski definition) is 3. The first-order chi connectivity index (χ1) is 11.3. The number of carbonyl (C=O) groups is 1. The van der Waals surface area contributed by atoms with E-state index in [-0.39, 0.29) is 0 Å². The van der Waals surface area contributed by atoms with Crippen LogP contribution in [0.3, 0.4) is 0 Å². The summed E-state index contributed by atoms with van der Waals surface area (Å²) in [7, 11) is 1.59. The fourth-order valence-corrected chi connectivity index (χ4v) is 2.86. The zero-order chi connectivity index (χ0) is 18.3. The van der Waals surface area contributed by atoms with Crippen molar-refractivity contribution in [2.75, 3.05) is 12.8 Å². The van der Waals surface area contributed by atoms with E-state index in [2.05, 4.69) is 82.0 Å². The summed E-state index contributed by atoms with van der Waals surface area (Å²) < 4.78 is 0. The van der Waals surface area contributed by atoms with Gasteiger partial charge in [0.15, 0.2) is 0 Å². The summed E-state index contributed by atoms with van der Waals surface area (Å²) in [6, 6.07) is 12.8. The smallest absolute Gasteiger partial charge is 0.321 e. The third-order valence-corrected chi connectivity index (χ3v) is 4.25. The summed E-state index contributed by atoms with van der Waals surface area (Å²) in [4.78, 5) is 10.1. The molecule has 0 radical (unpaired) electrons. The molecule has 0 unspecified atom stereocenters. The predicted octanol–water partition coefficient (Wildman–Crippen LogP) is 4.18. The molecule has 2 N–H and O–H groups in total. The Balaban J connectivity index is 0.000000307. The number of likely N-dealkylation sites (N-methyl/N-ethyl adjacent to an activating group) is 1. The summed E-state index contributed by atoms with van der Waals surface area (Å²) in [5, 5.41) is 10.8. The molecule has 0 aromatic heterocycles. The molecule has 2 rings (SSSR count). The molecule has 3 nitrogen and oxygen atoms in total. The second-order valence-electron chi connectivity index (χ2n) is 6.00. The first kappa shape index (κ1) is 20.3. The van der Waals surface area contributed by atoms with Crippen molar-refractivity contribution in [1.82, 2.24) is 5.32 Å². The van der Waals surface area contributed by atoms with E-state index in [1.54, 1.807) is 7.05 Å². The van der Waals surface area contributed by atoms with E-state index in [4.69, 9.17) is 5.11 Å². The lowest BCUT2D eigenvalue weighted by molar-refractivity contribution is -0.138. The topological polar surface area (TPSA) is 49.3 Å². The third-order valence-electron chi connectivity index (χ3n) is 3.88. The van der Waals surface area contributed by atoms with Crippen LogP contribution in [0.25, 0.3) is 11.1 Å². The Morgan fingerprint density at radius 3 is 1.62 bits per heavy atom. The van der Waals surface area contributed by atoms with Crippen LogP contribution in [0.15, 0.2) is 36.4 Å². The van der Waals surface area contributed by atoms with Gasteiger partial charge in [0.25, 0.3) is 0 Å². The molecule has 0 heterocycles. The van der Waals surface area contributed by atoms with Crippen molar-refractivity contribution < 1.29 is 9.90 Å². The molecule has 0 aliphatic carbocycles. The molecular formula is C20H27NO2S. The summed E-state index contributed by atoms with van der Waals surface area (Å²) in [5.41, 5.74) is 8.06. The molecule has 130 valence electrons. The summed E-state index contributed by atoms with van der Waals surface area (Å²) in [6.07, 6.45) is 0. The number of aryl methyl sites for hydroxylation is 4. The number of nitrogens with one attached hydrogen (secondary N) is 1. The van der Waals surface area contributed by atoms with Crippen molar-refractivity contribution in [3.63, 3.8) is 0 Å². The van der Waals surface area contributed by atoms with Crippen molar-refractivity contribution in [3.8, 4) is 11.1 Å². The van der Waals surface area contributed by atoms with Crippen LogP contribution in [-0.2, 0) is 4.79 Å². The van der Waals surface area contributed by atoms with Crippen LogP contribution in [0, 0.1) is 27.7 Å². The number of carboxylic acids is 1. The zero-order valence-corrected chi connectivity index (χ0v) is 15.9. The van der Waals surface area contributed by atoms with E-state index >= 15 is 0 Å². The van der Waals surface area contributed by atoms with Gasteiger partial charge in [0.1, 0.15) is 6.04 Å². The quantitative estimate of drug-likeness (QED) is 0.729. The van der Waals surface area contributed by atoms with Gasteiger partial charge in [0.05, 0.1) is 0 Å². The highest BCUT2D eigenvalue weighted by Crippen LogP contribution is 2.27. The fourth-order valence-electron chi connectivity index (χ4n) is 2.52. The highest BCUT2D eigenvalue weighted by Gasteiger charge is 2.10. The molecular weight excluding hydrogens is 318 g/mol.